The van der Waals surface area contributed by atoms with Gasteiger partial charge in [0.25, 0.3) is 0 Å². The van der Waals surface area contributed by atoms with Gasteiger partial charge in [0.1, 0.15) is 5.78 Å². The molecule has 21 heavy (non-hydrogen) atoms. The van der Waals surface area contributed by atoms with Gasteiger partial charge in [-0.3, -0.25) is 14.6 Å². The maximum absolute atomic E-state index is 11.8. The van der Waals surface area contributed by atoms with Crippen LogP contribution in [0.3, 0.4) is 0 Å². The zero-order valence-electron chi connectivity index (χ0n) is 13.6. The summed E-state index contributed by atoms with van der Waals surface area (Å²) in [5.74, 6) is 0.496. The molecule has 0 spiro atoms. The molecule has 2 aliphatic rings. The molecule has 0 amide bonds. The van der Waals surface area contributed by atoms with Crippen LogP contribution in [0.4, 0.5) is 0 Å². The summed E-state index contributed by atoms with van der Waals surface area (Å²) in [7, 11) is 0. The number of likely N-dealkylation sites (tertiary alicyclic amines) is 2. The molecule has 0 aromatic heterocycles. The smallest absolute Gasteiger partial charge is 0.149 e. The number of rotatable bonds is 6. The third-order valence-corrected chi connectivity index (χ3v) is 4.97. The summed E-state index contributed by atoms with van der Waals surface area (Å²) in [6.07, 6.45) is 3.97. The molecule has 0 bridgehead atoms. The Kier molecular flexibility index (Phi) is 6.53. The Labute approximate surface area is 134 Å². The number of thiol groups is 1. The molecule has 0 aromatic rings. The molecule has 5 heteroatoms. The summed E-state index contributed by atoms with van der Waals surface area (Å²) in [5.41, 5.74) is 0. The zero-order valence-corrected chi connectivity index (χ0v) is 14.5. The molecule has 2 saturated heterocycles. The second-order valence-electron chi connectivity index (χ2n) is 6.77. The number of piperidine rings is 1. The van der Waals surface area contributed by atoms with Crippen molar-refractivity contribution in [1.29, 1.82) is 0 Å². The van der Waals surface area contributed by atoms with Gasteiger partial charge < -0.3 is 4.74 Å². The van der Waals surface area contributed by atoms with E-state index in [9.17, 15) is 4.79 Å². The lowest BCUT2D eigenvalue weighted by Gasteiger charge is -2.33. The molecule has 2 fully saturated rings. The van der Waals surface area contributed by atoms with Crippen molar-refractivity contribution < 1.29 is 9.53 Å². The van der Waals surface area contributed by atoms with Crippen molar-refractivity contribution in [2.75, 3.05) is 32.7 Å². The van der Waals surface area contributed by atoms with E-state index in [0.717, 1.165) is 45.4 Å². The lowest BCUT2D eigenvalue weighted by molar-refractivity contribution is -0.124. The number of Topliss-reactive ketones (excluding diaryl/α,β-unsaturated/α-hetero) is 1. The summed E-state index contributed by atoms with van der Waals surface area (Å²) in [4.78, 5) is 16.4. The summed E-state index contributed by atoms with van der Waals surface area (Å²) < 4.78 is 6.25. The van der Waals surface area contributed by atoms with E-state index in [1.807, 2.05) is 13.8 Å². The predicted molar refractivity (Wildman–Crippen MR) is 88.8 cm³/mol. The molecule has 122 valence electrons. The maximum Gasteiger partial charge on any atom is 0.149 e. The summed E-state index contributed by atoms with van der Waals surface area (Å²) >= 11 is 4.49. The molecule has 0 aliphatic carbocycles. The summed E-state index contributed by atoms with van der Waals surface area (Å²) in [6, 6.07) is 0. The van der Waals surface area contributed by atoms with E-state index in [4.69, 9.17) is 4.74 Å². The van der Waals surface area contributed by atoms with Crippen LogP contribution in [-0.2, 0) is 9.53 Å². The average Bonchev–Trinajstić information content (AvgIpc) is 2.89. The van der Waals surface area contributed by atoms with E-state index in [1.54, 1.807) is 0 Å². The van der Waals surface area contributed by atoms with E-state index in [-0.39, 0.29) is 5.92 Å². The number of hydrogen-bond donors (Lipinski definition) is 1. The third-order valence-electron chi connectivity index (χ3n) is 4.65. The topological polar surface area (TPSA) is 32.8 Å². The standard InChI is InChI=1S/C16H30N2O2S/c1-12(2)16(19)11-17-7-4-14(5-8-17)20-15-6-9-18(10-15)13(3)21/h12-15,21H,4-11H2,1-3H3. The van der Waals surface area contributed by atoms with Crippen LogP contribution in [0.15, 0.2) is 0 Å². The molecule has 2 heterocycles. The molecule has 0 N–H and O–H groups in total. The van der Waals surface area contributed by atoms with Gasteiger partial charge in [0.05, 0.1) is 18.8 Å². The molecule has 0 aromatic carbocycles. The van der Waals surface area contributed by atoms with Crippen LogP contribution in [0, 0.1) is 5.92 Å². The van der Waals surface area contributed by atoms with Gasteiger partial charge in [-0.05, 0) is 26.2 Å². The Hall–Kier alpha value is -0.100. The van der Waals surface area contributed by atoms with Crippen molar-refractivity contribution in [2.24, 2.45) is 5.92 Å². The number of ether oxygens (including phenoxy) is 1. The van der Waals surface area contributed by atoms with Crippen LogP contribution in [0.2, 0.25) is 0 Å². The van der Waals surface area contributed by atoms with E-state index >= 15 is 0 Å². The van der Waals surface area contributed by atoms with Crippen molar-refractivity contribution in [1.82, 2.24) is 9.80 Å². The van der Waals surface area contributed by atoms with Crippen LogP contribution in [-0.4, -0.2) is 65.9 Å². The van der Waals surface area contributed by atoms with Gasteiger partial charge in [0.15, 0.2) is 0 Å². The van der Waals surface area contributed by atoms with Crippen molar-refractivity contribution in [3.05, 3.63) is 0 Å². The van der Waals surface area contributed by atoms with E-state index in [0.29, 0.717) is 29.9 Å². The third kappa shape index (κ3) is 5.23. The molecule has 2 unspecified atom stereocenters. The van der Waals surface area contributed by atoms with Crippen molar-refractivity contribution in [2.45, 2.75) is 57.6 Å². The predicted octanol–water partition coefficient (Wildman–Crippen LogP) is 2.04. The Morgan fingerprint density at radius 1 is 1.14 bits per heavy atom. The molecule has 2 atom stereocenters. The molecule has 2 aliphatic heterocycles. The largest absolute Gasteiger partial charge is 0.374 e. The number of hydrogen-bond acceptors (Lipinski definition) is 5. The number of ketones is 1. The lowest BCUT2D eigenvalue weighted by Crippen LogP contribution is -2.42. The SMILES string of the molecule is CC(C)C(=O)CN1CCC(OC2CCN(C(C)S)C2)CC1. The number of carbonyl (C=O) groups excluding carboxylic acids is 1. The minimum Gasteiger partial charge on any atom is -0.374 e. The molecule has 2 rings (SSSR count). The van der Waals surface area contributed by atoms with Crippen LogP contribution in [0.25, 0.3) is 0 Å². The Morgan fingerprint density at radius 2 is 1.76 bits per heavy atom. The minimum absolute atomic E-state index is 0.145. The molecule has 0 radical (unpaired) electrons. The quantitative estimate of drug-likeness (QED) is 0.761. The van der Waals surface area contributed by atoms with Crippen LogP contribution in [0.5, 0.6) is 0 Å². The van der Waals surface area contributed by atoms with Crippen LogP contribution >= 0.6 is 12.6 Å². The Balaban J connectivity index is 1.67. The Bertz CT molecular complexity index is 341. The normalized spacial score (nSPS) is 27.4. The van der Waals surface area contributed by atoms with Crippen LogP contribution in [0.1, 0.15) is 40.0 Å². The van der Waals surface area contributed by atoms with Crippen molar-refractivity contribution >= 4 is 18.4 Å². The Morgan fingerprint density at radius 3 is 2.29 bits per heavy atom. The van der Waals surface area contributed by atoms with Gasteiger partial charge in [0.2, 0.25) is 0 Å². The highest BCUT2D eigenvalue weighted by Crippen LogP contribution is 2.22. The van der Waals surface area contributed by atoms with Gasteiger partial charge in [-0.15, -0.1) is 0 Å². The average molecular weight is 314 g/mol. The first kappa shape index (κ1) is 17.3. The van der Waals surface area contributed by atoms with Gasteiger partial charge in [-0.1, -0.05) is 13.8 Å². The highest BCUT2D eigenvalue weighted by Gasteiger charge is 2.29. The van der Waals surface area contributed by atoms with Gasteiger partial charge in [-0.2, -0.15) is 12.6 Å². The first-order valence-corrected chi connectivity index (χ1v) is 8.80. The van der Waals surface area contributed by atoms with Crippen molar-refractivity contribution in [3.8, 4) is 0 Å². The number of nitrogens with zero attached hydrogens (tertiary/aromatic N) is 2. The fourth-order valence-corrected chi connectivity index (χ4v) is 3.29. The highest BCUT2D eigenvalue weighted by molar-refractivity contribution is 7.80. The van der Waals surface area contributed by atoms with Gasteiger partial charge in [-0.25, -0.2) is 0 Å². The van der Waals surface area contributed by atoms with Gasteiger partial charge >= 0.3 is 0 Å². The first-order chi connectivity index (χ1) is 9.95. The maximum atomic E-state index is 11.8. The zero-order chi connectivity index (χ0) is 15.4. The number of carbonyl (C=O) groups is 1. The molecular weight excluding hydrogens is 284 g/mol. The van der Waals surface area contributed by atoms with Gasteiger partial charge in [0, 0.05) is 37.5 Å². The monoisotopic (exact) mass is 314 g/mol. The fourth-order valence-electron chi connectivity index (χ4n) is 3.08. The lowest BCUT2D eigenvalue weighted by atomic mass is 10.0. The second-order valence-corrected chi connectivity index (χ2v) is 7.52. The highest BCUT2D eigenvalue weighted by atomic mass is 32.1. The van der Waals surface area contributed by atoms with E-state index < -0.39 is 0 Å². The van der Waals surface area contributed by atoms with Crippen molar-refractivity contribution in [3.63, 3.8) is 0 Å². The van der Waals surface area contributed by atoms with E-state index in [2.05, 4.69) is 29.4 Å². The van der Waals surface area contributed by atoms with E-state index in [1.165, 1.54) is 0 Å². The van der Waals surface area contributed by atoms with Crippen LogP contribution < -0.4 is 0 Å². The molecule has 0 saturated carbocycles. The second kappa shape index (κ2) is 7.95. The summed E-state index contributed by atoms with van der Waals surface area (Å²) in [5, 5.41) is 0.322. The molecule has 4 nitrogen and oxygen atoms in total. The summed E-state index contributed by atoms with van der Waals surface area (Å²) in [6.45, 7) is 10.8. The molecular formula is C16H30N2O2S. The fraction of sp³-hybridized carbons (Fsp3) is 0.938. The minimum atomic E-state index is 0.145. The first-order valence-electron chi connectivity index (χ1n) is 8.28.